The number of nitro benzene ring substituents is 1. The molecule has 1 heterocycles. The summed E-state index contributed by atoms with van der Waals surface area (Å²) in [4.78, 5) is 30.2. The van der Waals surface area contributed by atoms with Gasteiger partial charge in [0.2, 0.25) is 0 Å². The Morgan fingerprint density at radius 3 is 2.46 bits per heavy atom. The fraction of sp³-hybridized carbons (Fsp3) is 0.562. The van der Waals surface area contributed by atoms with Gasteiger partial charge < -0.3 is 14.8 Å². The van der Waals surface area contributed by atoms with Crippen molar-refractivity contribution in [1.29, 1.82) is 0 Å². The molecule has 1 fully saturated rings. The third-order valence-electron chi connectivity index (χ3n) is 3.77. The lowest BCUT2D eigenvalue weighted by Crippen LogP contribution is -2.47. The van der Waals surface area contributed by atoms with Gasteiger partial charge in [-0.2, -0.15) is 5.06 Å². The summed E-state index contributed by atoms with van der Waals surface area (Å²) in [6, 6.07) is 3.65. The first kappa shape index (κ1) is 17.8. The molecule has 24 heavy (non-hydrogen) atoms. The van der Waals surface area contributed by atoms with Crippen LogP contribution in [0, 0.1) is 10.1 Å². The van der Waals surface area contributed by atoms with E-state index in [1.54, 1.807) is 25.7 Å². The summed E-state index contributed by atoms with van der Waals surface area (Å²) < 4.78 is 0. The van der Waals surface area contributed by atoms with E-state index in [9.17, 15) is 20.0 Å². The summed E-state index contributed by atoms with van der Waals surface area (Å²) in [6.45, 7) is 6.52. The Morgan fingerprint density at radius 2 is 1.92 bits per heavy atom. The minimum absolute atomic E-state index is 0.0397. The molecule has 1 aromatic carbocycles. The van der Waals surface area contributed by atoms with Gasteiger partial charge in [0.15, 0.2) is 5.69 Å². The topological polar surface area (TPSA) is 96.2 Å². The fourth-order valence-electron chi connectivity index (χ4n) is 2.59. The summed E-state index contributed by atoms with van der Waals surface area (Å²) in [5, 5.41) is 22.2. The summed E-state index contributed by atoms with van der Waals surface area (Å²) >= 11 is 0. The SMILES string of the molecule is CC(C)(C)N(OC(=O)N1CCCCC1)c1cc(O)ccc1[N+](=O)[O-]. The molecule has 1 aliphatic heterocycles. The van der Waals surface area contributed by atoms with Crippen molar-refractivity contribution in [3.05, 3.63) is 28.3 Å². The van der Waals surface area contributed by atoms with Crippen molar-refractivity contribution >= 4 is 17.5 Å². The monoisotopic (exact) mass is 337 g/mol. The number of benzene rings is 1. The molecule has 1 aliphatic rings. The molecule has 2 rings (SSSR count). The van der Waals surface area contributed by atoms with Crippen LogP contribution in [0.4, 0.5) is 16.2 Å². The molecular formula is C16H23N3O5. The number of phenolic OH excluding ortho intramolecular Hbond substituents is 1. The van der Waals surface area contributed by atoms with Crippen LogP contribution >= 0.6 is 0 Å². The van der Waals surface area contributed by atoms with E-state index in [0.29, 0.717) is 13.1 Å². The smallest absolute Gasteiger partial charge is 0.434 e. The lowest BCUT2D eigenvalue weighted by molar-refractivity contribution is -0.384. The third-order valence-corrected chi connectivity index (χ3v) is 3.77. The summed E-state index contributed by atoms with van der Waals surface area (Å²) in [5.74, 6) is -0.140. The molecule has 132 valence electrons. The molecule has 0 aromatic heterocycles. The highest BCUT2D eigenvalue weighted by Crippen LogP contribution is 2.36. The molecule has 0 atom stereocenters. The van der Waals surface area contributed by atoms with Crippen LogP contribution in [-0.4, -0.2) is 39.7 Å². The standard InChI is InChI=1S/C16H23N3O5/c1-16(2,3)18(24-15(21)17-9-5-4-6-10-17)14-11-12(20)7-8-13(14)19(22)23/h7-8,11,20H,4-6,9-10H2,1-3H3. The number of carbonyl (C=O) groups excluding carboxylic acids is 1. The fourth-order valence-corrected chi connectivity index (χ4v) is 2.59. The number of hydrogen-bond donors (Lipinski definition) is 1. The summed E-state index contributed by atoms with van der Waals surface area (Å²) in [7, 11) is 0. The number of nitro groups is 1. The number of nitrogens with zero attached hydrogens (tertiary/aromatic N) is 3. The first-order valence-electron chi connectivity index (χ1n) is 7.94. The van der Waals surface area contributed by atoms with Crippen LogP contribution in [0.25, 0.3) is 0 Å². The van der Waals surface area contributed by atoms with Crippen LogP contribution in [-0.2, 0) is 4.84 Å². The number of hydroxylamine groups is 1. The van der Waals surface area contributed by atoms with Crippen molar-refractivity contribution in [3.63, 3.8) is 0 Å². The van der Waals surface area contributed by atoms with Crippen molar-refractivity contribution in [2.24, 2.45) is 0 Å². The van der Waals surface area contributed by atoms with Gasteiger partial charge in [-0.05, 0) is 46.1 Å². The van der Waals surface area contributed by atoms with Gasteiger partial charge in [0.25, 0.3) is 5.69 Å². The largest absolute Gasteiger partial charge is 0.508 e. The normalized spacial score (nSPS) is 15.0. The van der Waals surface area contributed by atoms with Crippen molar-refractivity contribution in [2.45, 2.75) is 45.6 Å². The van der Waals surface area contributed by atoms with Gasteiger partial charge in [0.1, 0.15) is 5.75 Å². The Hall–Kier alpha value is -2.51. The first-order chi connectivity index (χ1) is 11.2. The van der Waals surface area contributed by atoms with Crippen molar-refractivity contribution < 1.29 is 19.7 Å². The van der Waals surface area contributed by atoms with Gasteiger partial charge in [-0.25, -0.2) is 4.79 Å². The number of aromatic hydroxyl groups is 1. The maximum Gasteiger partial charge on any atom is 0.434 e. The van der Waals surface area contributed by atoms with Crippen molar-refractivity contribution in [2.75, 3.05) is 18.2 Å². The van der Waals surface area contributed by atoms with Gasteiger partial charge in [0, 0.05) is 25.2 Å². The predicted octanol–water partition coefficient (Wildman–Crippen LogP) is 3.44. The molecule has 0 spiro atoms. The van der Waals surface area contributed by atoms with Gasteiger partial charge in [-0.3, -0.25) is 10.1 Å². The molecule has 1 amide bonds. The zero-order valence-corrected chi connectivity index (χ0v) is 14.2. The van der Waals surface area contributed by atoms with Crippen LogP contribution in [0.5, 0.6) is 5.75 Å². The lowest BCUT2D eigenvalue weighted by atomic mass is 10.1. The molecule has 1 aromatic rings. The highest BCUT2D eigenvalue weighted by molar-refractivity contribution is 5.72. The van der Waals surface area contributed by atoms with E-state index in [2.05, 4.69) is 0 Å². The summed E-state index contributed by atoms with van der Waals surface area (Å²) in [5.41, 5.74) is -0.934. The molecule has 0 saturated carbocycles. The Labute approximate surface area is 140 Å². The Bertz CT molecular complexity index is 621. The predicted molar refractivity (Wildman–Crippen MR) is 88.9 cm³/mol. The second-order valence-corrected chi connectivity index (χ2v) is 6.80. The first-order valence-corrected chi connectivity index (χ1v) is 7.94. The van der Waals surface area contributed by atoms with Crippen molar-refractivity contribution in [3.8, 4) is 5.75 Å². The molecule has 8 heteroatoms. The second kappa shape index (κ2) is 6.94. The van der Waals surface area contributed by atoms with Gasteiger partial charge >= 0.3 is 6.09 Å². The molecule has 1 N–H and O–H groups in total. The Kier molecular flexibility index (Phi) is 5.16. The molecule has 0 bridgehead atoms. The Morgan fingerprint density at radius 1 is 1.29 bits per heavy atom. The van der Waals surface area contributed by atoms with E-state index < -0.39 is 16.6 Å². The van der Waals surface area contributed by atoms with E-state index in [0.717, 1.165) is 19.3 Å². The molecule has 0 radical (unpaired) electrons. The van der Waals surface area contributed by atoms with Crippen LogP contribution in [0.15, 0.2) is 18.2 Å². The zero-order chi connectivity index (χ0) is 17.9. The third kappa shape index (κ3) is 4.06. The average molecular weight is 337 g/mol. The lowest BCUT2D eigenvalue weighted by Gasteiger charge is -2.36. The number of likely N-dealkylation sites (tertiary alicyclic amines) is 1. The minimum atomic E-state index is -0.732. The molecular weight excluding hydrogens is 314 g/mol. The van der Waals surface area contributed by atoms with E-state index in [1.807, 2.05) is 0 Å². The van der Waals surface area contributed by atoms with Crippen LogP contribution in [0.1, 0.15) is 40.0 Å². The maximum absolute atomic E-state index is 12.4. The van der Waals surface area contributed by atoms with E-state index in [4.69, 9.17) is 4.84 Å². The number of hydrogen-bond acceptors (Lipinski definition) is 6. The van der Waals surface area contributed by atoms with E-state index in [-0.39, 0.29) is 17.1 Å². The minimum Gasteiger partial charge on any atom is -0.508 e. The van der Waals surface area contributed by atoms with Gasteiger partial charge in [0.05, 0.1) is 10.5 Å². The number of anilines is 1. The van der Waals surface area contributed by atoms with Crippen LogP contribution in [0.2, 0.25) is 0 Å². The number of carbonyl (C=O) groups is 1. The average Bonchev–Trinajstić information content (AvgIpc) is 2.51. The number of phenols is 1. The number of piperidine rings is 1. The number of amides is 1. The highest BCUT2D eigenvalue weighted by atomic mass is 16.7. The Balaban J connectivity index is 2.34. The van der Waals surface area contributed by atoms with Crippen molar-refractivity contribution in [1.82, 2.24) is 4.90 Å². The molecule has 0 aliphatic carbocycles. The number of rotatable bonds is 3. The van der Waals surface area contributed by atoms with Gasteiger partial charge in [-0.1, -0.05) is 0 Å². The second-order valence-electron chi connectivity index (χ2n) is 6.80. The van der Waals surface area contributed by atoms with Crippen LogP contribution < -0.4 is 5.06 Å². The van der Waals surface area contributed by atoms with Crippen LogP contribution in [0.3, 0.4) is 0 Å². The van der Waals surface area contributed by atoms with Gasteiger partial charge in [-0.15, -0.1) is 0 Å². The zero-order valence-electron chi connectivity index (χ0n) is 14.2. The molecule has 0 unspecified atom stereocenters. The summed E-state index contributed by atoms with van der Waals surface area (Å²) in [6.07, 6.45) is 2.36. The van der Waals surface area contributed by atoms with E-state index in [1.165, 1.54) is 23.3 Å². The quantitative estimate of drug-likeness (QED) is 0.670. The molecule has 1 saturated heterocycles. The molecule has 8 nitrogen and oxygen atoms in total. The maximum atomic E-state index is 12.4. The van der Waals surface area contributed by atoms with E-state index >= 15 is 0 Å². The highest BCUT2D eigenvalue weighted by Gasteiger charge is 2.33.